The fourth-order valence-electron chi connectivity index (χ4n) is 3.32. The first-order chi connectivity index (χ1) is 16.6. The van der Waals surface area contributed by atoms with E-state index in [1.165, 1.54) is 11.8 Å². The molecule has 0 spiro atoms. The molecule has 0 atom stereocenters. The van der Waals surface area contributed by atoms with Crippen LogP contribution in [0.4, 0.5) is 0 Å². The minimum absolute atomic E-state index is 0.0526. The number of carbonyl (C=O) groups is 6. The number of rotatable bonds is 22. The van der Waals surface area contributed by atoms with Gasteiger partial charge in [0.15, 0.2) is 0 Å². The lowest BCUT2D eigenvalue weighted by molar-refractivity contribution is -0.128. The summed E-state index contributed by atoms with van der Waals surface area (Å²) in [5, 5.41) is 8.30. The largest absolute Gasteiger partial charge is 0.355 e. The molecule has 0 aromatic heterocycles. The number of hydrogen-bond donors (Lipinski definition) is 3. The number of nitrogens with zero attached hydrogens (tertiary/aromatic N) is 1. The highest BCUT2D eigenvalue weighted by atomic mass is 16.2. The van der Waals surface area contributed by atoms with Crippen molar-refractivity contribution >= 4 is 35.1 Å². The van der Waals surface area contributed by atoms with Gasteiger partial charge in [-0.1, -0.05) is 12.8 Å². The summed E-state index contributed by atoms with van der Waals surface area (Å²) in [7, 11) is 0. The molecule has 0 saturated heterocycles. The molecule has 0 fully saturated rings. The number of carbonyl (C=O) groups excluding carboxylic acids is 6. The highest BCUT2D eigenvalue weighted by Crippen LogP contribution is 2.00. The molecule has 0 aliphatic carbocycles. The van der Waals surface area contributed by atoms with Gasteiger partial charge in [-0.15, -0.1) is 0 Å². The van der Waals surface area contributed by atoms with Crippen LogP contribution in [-0.4, -0.2) is 79.2 Å². The Morgan fingerprint density at radius 3 is 1.11 bits per heavy atom. The van der Waals surface area contributed by atoms with Crippen molar-refractivity contribution in [1.82, 2.24) is 20.9 Å². The SMILES string of the molecule is CC(=O)CCCCCNC(=O)CN(CC(=O)NCCCCCC(C)=O)CC(=O)NCCCC(C)=O. The Kier molecular flexibility index (Phi) is 19.2. The molecule has 0 aliphatic rings. The number of nitrogens with one attached hydrogen (secondary N) is 3. The first kappa shape index (κ1) is 32.4. The Hall–Kier alpha value is -2.62. The molecule has 0 aliphatic heterocycles. The van der Waals surface area contributed by atoms with Gasteiger partial charge in [-0.3, -0.25) is 19.3 Å². The molecule has 10 heteroatoms. The maximum Gasteiger partial charge on any atom is 0.234 e. The normalized spacial score (nSPS) is 10.6. The molecule has 200 valence electrons. The Bertz CT molecular complexity index is 655. The van der Waals surface area contributed by atoms with Gasteiger partial charge in [0.1, 0.15) is 17.3 Å². The van der Waals surface area contributed by atoms with E-state index in [9.17, 15) is 28.8 Å². The number of hydrogen-bond acceptors (Lipinski definition) is 7. The van der Waals surface area contributed by atoms with Crippen molar-refractivity contribution in [3.8, 4) is 0 Å². The molecule has 10 nitrogen and oxygen atoms in total. The van der Waals surface area contributed by atoms with Crippen LogP contribution in [0.5, 0.6) is 0 Å². The van der Waals surface area contributed by atoms with Crippen LogP contribution in [-0.2, 0) is 28.8 Å². The molecule has 0 heterocycles. The zero-order valence-electron chi connectivity index (χ0n) is 21.7. The average Bonchev–Trinajstić information content (AvgIpc) is 2.75. The molecule has 0 unspecified atom stereocenters. The third kappa shape index (κ3) is 22.9. The smallest absolute Gasteiger partial charge is 0.234 e. The van der Waals surface area contributed by atoms with Crippen molar-refractivity contribution < 1.29 is 28.8 Å². The Balaban J connectivity index is 4.50. The van der Waals surface area contributed by atoms with E-state index in [0.29, 0.717) is 45.3 Å². The molecule has 0 aromatic carbocycles. The molecular formula is C25H44N4O6. The van der Waals surface area contributed by atoms with Gasteiger partial charge >= 0.3 is 0 Å². The summed E-state index contributed by atoms with van der Waals surface area (Å²) in [6.45, 7) is 5.58. The van der Waals surface area contributed by atoms with E-state index in [0.717, 1.165) is 38.5 Å². The van der Waals surface area contributed by atoms with Crippen molar-refractivity contribution in [3.63, 3.8) is 0 Å². The van der Waals surface area contributed by atoms with Gasteiger partial charge in [-0.2, -0.15) is 0 Å². The summed E-state index contributed by atoms with van der Waals surface area (Å²) in [4.78, 5) is 71.4. The second kappa shape index (κ2) is 20.7. The molecule has 0 saturated carbocycles. The van der Waals surface area contributed by atoms with Crippen molar-refractivity contribution in [2.24, 2.45) is 0 Å². The first-order valence-electron chi connectivity index (χ1n) is 12.6. The third-order valence-electron chi connectivity index (χ3n) is 5.18. The lowest BCUT2D eigenvalue weighted by atomic mass is 10.1. The number of Topliss-reactive ketones (excluding diaryl/α,β-unsaturated/α-hetero) is 3. The van der Waals surface area contributed by atoms with Crippen molar-refractivity contribution in [1.29, 1.82) is 0 Å². The fourth-order valence-corrected chi connectivity index (χ4v) is 3.32. The van der Waals surface area contributed by atoms with E-state index in [2.05, 4.69) is 16.0 Å². The molecule has 3 amide bonds. The second-order valence-electron chi connectivity index (χ2n) is 9.03. The van der Waals surface area contributed by atoms with Crippen molar-refractivity contribution in [3.05, 3.63) is 0 Å². The minimum atomic E-state index is -0.317. The van der Waals surface area contributed by atoms with Gasteiger partial charge in [-0.25, -0.2) is 0 Å². The van der Waals surface area contributed by atoms with Crippen LogP contribution in [0.1, 0.15) is 85.0 Å². The lowest BCUT2D eigenvalue weighted by Crippen LogP contribution is -2.47. The highest BCUT2D eigenvalue weighted by molar-refractivity contribution is 5.84. The molecule has 35 heavy (non-hydrogen) atoms. The van der Waals surface area contributed by atoms with E-state index < -0.39 is 0 Å². The van der Waals surface area contributed by atoms with Gasteiger partial charge in [0.2, 0.25) is 17.7 Å². The summed E-state index contributed by atoms with van der Waals surface area (Å²) >= 11 is 0. The predicted molar refractivity (Wildman–Crippen MR) is 134 cm³/mol. The quantitative estimate of drug-likeness (QED) is 0.192. The van der Waals surface area contributed by atoms with E-state index in [-0.39, 0.29) is 54.7 Å². The van der Waals surface area contributed by atoms with E-state index >= 15 is 0 Å². The molecule has 0 rings (SSSR count). The monoisotopic (exact) mass is 496 g/mol. The Labute approximate surface area is 209 Å². The summed E-state index contributed by atoms with van der Waals surface area (Å²) in [6.07, 6.45) is 6.74. The topological polar surface area (TPSA) is 142 Å². The van der Waals surface area contributed by atoms with Crippen LogP contribution in [0.15, 0.2) is 0 Å². The zero-order valence-corrected chi connectivity index (χ0v) is 21.7. The van der Waals surface area contributed by atoms with Gasteiger partial charge in [-0.05, 0) is 52.9 Å². The maximum atomic E-state index is 12.3. The van der Waals surface area contributed by atoms with Crippen LogP contribution >= 0.6 is 0 Å². The van der Waals surface area contributed by atoms with Gasteiger partial charge in [0, 0.05) is 38.9 Å². The van der Waals surface area contributed by atoms with Crippen LogP contribution in [0.25, 0.3) is 0 Å². The van der Waals surface area contributed by atoms with Crippen LogP contribution < -0.4 is 16.0 Å². The predicted octanol–water partition coefficient (Wildman–Crippen LogP) is 1.31. The Morgan fingerprint density at radius 1 is 0.457 bits per heavy atom. The van der Waals surface area contributed by atoms with E-state index in [1.54, 1.807) is 13.8 Å². The second-order valence-corrected chi connectivity index (χ2v) is 9.03. The van der Waals surface area contributed by atoms with E-state index in [4.69, 9.17) is 0 Å². The number of amides is 3. The molecule has 0 radical (unpaired) electrons. The van der Waals surface area contributed by atoms with Crippen LogP contribution in [0.2, 0.25) is 0 Å². The number of unbranched alkanes of at least 4 members (excludes halogenated alkanes) is 4. The zero-order chi connectivity index (χ0) is 26.5. The average molecular weight is 497 g/mol. The summed E-state index contributed by atoms with van der Waals surface area (Å²) in [5.74, 6) is -0.521. The van der Waals surface area contributed by atoms with Crippen molar-refractivity contribution in [2.75, 3.05) is 39.3 Å². The van der Waals surface area contributed by atoms with Crippen LogP contribution in [0.3, 0.4) is 0 Å². The summed E-state index contributed by atoms with van der Waals surface area (Å²) < 4.78 is 0. The van der Waals surface area contributed by atoms with Gasteiger partial charge in [0.25, 0.3) is 0 Å². The highest BCUT2D eigenvalue weighted by Gasteiger charge is 2.17. The maximum absolute atomic E-state index is 12.3. The molecule has 3 N–H and O–H groups in total. The summed E-state index contributed by atoms with van der Waals surface area (Å²) in [6, 6.07) is 0. The molecule has 0 bridgehead atoms. The third-order valence-corrected chi connectivity index (χ3v) is 5.18. The van der Waals surface area contributed by atoms with Crippen molar-refractivity contribution in [2.45, 2.75) is 85.0 Å². The minimum Gasteiger partial charge on any atom is -0.355 e. The lowest BCUT2D eigenvalue weighted by Gasteiger charge is -2.21. The summed E-state index contributed by atoms with van der Waals surface area (Å²) in [5.41, 5.74) is 0. The number of ketones is 3. The molecular weight excluding hydrogens is 452 g/mol. The first-order valence-corrected chi connectivity index (χ1v) is 12.6. The van der Waals surface area contributed by atoms with Gasteiger partial charge in [0.05, 0.1) is 19.6 Å². The Morgan fingerprint density at radius 2 is 0.771 bits per heavy atom. The standard InChI is InChI=1S/C25H44N4O6/c1-20(30)11-6-4-8-14-26-23(33)17-29(19-25(35)28-16-10-13-22(3)32)18-24(34)27-15-9-5-7-12-21(2)31/h4-19H2,1-3H3,(H,26,33)(H,27,34)(H,28,35). The van der Waals surface area contributed by atoms with E-state index in [1.807, 2.05) is 0 Å². The fraction of sp³-hybridized carbons (Fsp3) is 0.760. The van der Waals surface area contributed by atoms with Gasteiger partial charge < -0.3 is 30.3 Å². The molecule has 0 aromatic rings. The van der Waals surface area contributed by atoms with Crippen LogP contribution in [0, 0.1) is 0 Å².